The number of amidine groups is 1. The predicted molar refractivity (Wildman–Crippen MR) is 114 cm³/mol. The first-order valence-corrected chi connectivity index (χ1v) is 9.92. The normalized spacial score (nSPS) is 14.2. The number of hydrogen-bond acceptors (Lipinski definition) is 4. The number of pyridine rings is 1. The minimum Gasteiger partial charge on any atom is -0.443 e. The lowest BCUT2D eigenvalue weighted by atomic mass is 10.1. The van der Waals surface area contributed by atoms with E-state index >= 15 is 0 Å². The smallest absolute Gasteiger partial charge is 0.420 e. The van der Waals surface area contributed by atoms with Crippen LogP contribution in [0.1, 0.15) is 37.6 Å². The van der Waals surface area contributed by atoms with E-state index in [1.165, 1.54) is 0 Å². The van der Waals surface area contributed by atoms with Gasteiger partial charge in [0, 0.05) is 5.69 Å². The Morgan fingerprint density at radius 1 is 1.16 bits per heavy atom. The molecule has 10 heteroatoms. The van der Waals surface area contributed by atoms with E-state index < -0.39 is 29.3 Å². The number of carbonyl (C=O) groups is 1. The van der Waals surface area contributed by atoms with Crippen LogP contribution in [0.5, 0.6) is 0 Å². The highest BCUT2D eigenvalue weighted by Gasteiger charge is 2.36. The van der Waals surface area contributed by atoms with Crippen LogP contribution in [0.2, 0.25) is 5.15 Å². The molecule has 0 fully saturated rings. The van der Waals surface area contributed by atoms with Crippen molar-refractivity contribution in [1.29, 1.82) is 0 Å². The molecule has 0 N–H and O–H groups in total. The highest BCUT2D eigenvalue weighted by molar-refractivity contribution is 6.29. The van der Waals surface area contributed by atoms with E-state index in [2.05, 4.69) is 9.98 Å². The fourth-order valence-corrected chi connectivity index (χ4v) is 3.30. The van der Waals surface area contributed by atoms with E-state index in [1.807, 2.05) is 0 Å². The monoisotopic (exact) mass is 469 g/mol. The predicted octanol–water partition coefficient (Wildman–Crippen LogP) is 6.44. The van der Waals surface area contributed by atoms with Gasteiger partial charge in [0.1, 0.15) is 22.4 Å². The molecule has 0 aliphatic carbocycles. The van der Waals surface area contributed by atoms with Gasteiger partial charge in [-0.3, -0.25) is 4.99 Å². The second-order valence-corrected chi connectivity index (χ2v) is 8.53. The van der Waals surface area contributed by atoms with Crippen LogP contribution in [0.15, 0.2) is 41.4 Å². The Kier molecular flexibility index (Phi) is 6.33. The van der Waals surface area contributed by atoms with E-state index in [9.17, 15) is 22.4 Å². The average Bonchev–Trinajstić information content (AvgIpc) is 3.09. The number of alkyl halides is 3. The number of hydrogen-bond donors (Lipinski definition) is 0. The third kappa shape index (κ3) is 5.45. The Morgan fingerprint density at radius 3 is 2.44 bits per heavy atom. The number of benzene rings is 1. The Balaban J connectivity index is 2.07. The molecule has 1 aliphatic rings. The number of aromatic nitrogens is 1. The molecule has 0 bridgehead atoms. The summed E-state index contributed by atoms with van der Waals surface area (Å²) in [7, 11) is 0. The summed E-state index contributed by atoms with van der Waals surface area (Å²) in [5.41, 5.74) is -0.598. The van der Waals surface area contributed by atoms with Gasteiger partial charge in [-0.1, -0.05) is 11.6 Å². The molecule has 1 aliphatic heterocycles. The van der Waals surface area contributed by atoms with E-state index in [-0.39, 0.29) is 23.2 Å². The molecule has 0 spiro atoms. The second-order valence-electron chi connectivity index (χ2n) is 8.14. The molecule has 1 aromatic heterocycles. The Morgan fingerprint density at radius 2 is 1.84 bits per heavy atom. The van der Waals surface area contributed by atoms with Crippen LogP contribution >= 0.6 is 11.6 Å². The molecule has 2 aromatic rings. The van der Waals surface area contributed by atoms with E-state index in [0.29, 0.717) is 29.0 Å². The Labute approximate surface area is 187 Å². The van der Waals surface area contributed by atoms with Crippen LogP contribution in [-0.4, -0.2) is 29.1 Å². The fourth-order valence-electron chi connectivity index (χ4n) is 3.04. The maximum Gasteiger partial charge on any atom is 0.420 e. The molecule has 3 rings (SSSR count). The molecule has 0 saturated carbocycles. The molecule has 1 aromatic carbocycles. The van der Waals surface area contributed by atoms with Gasteiger partial charge < -0.3 is 4.74 Å². The van der Waals surface area contributed by atoms with Crippen LogP contribution < -0.4 is 4.90 Å². The molecular formula is C22H20ClF4N3O2. The summed E-state index contributed by atoms with van der Waals surface area (Å²) < 4.78 is 59.0. The van der Waals surface area contributed by atoms with Gasteiger partial charge in [0.05, 0.1) is 17.8 Å². The summed E-state index contributed by atoms with van der Waals surface area (Å²) >= 11 is 6.02. The molecule has 170 valence electrons. The van der Waals surface area contributed by atoms with Crippen molar-refractivity contribution < 1.29 is 27.1 Å². The zero-order chi connectivity index (χ0) is 23.8. The molecule has 2 heterocycles. The Bertz CT molecular complexity index is 1100. The minimum atomic E-state index is -4.94. The van der Waals surface area contributed by atoms with Gasteiger partial charge in [-0.25, -0.2) is 19.1 Å². The number of halogens is 5. The molecule has 5 nitrogen and oxygen atoms in total. The SMILES string of the molecule is Cc1cc(C2=CC(N(C(=O)OC(C)(C)C)c3ccc(F)c(C(F)(F)F)c3)=NC2)cc(Cl)n1. The lowest BCUT2D eigenvalue weighted by molar-refractivity contribution is -0.139. The number of rotatable bonds is 2. The van der Waals surface area contributed by atoms with Gasteiger partial charge >= 0.3 is 12.3 Å². The minimum absolute atomic E-state index is 0.0552. The van der Waals surface area contributed by atoms with Gasteiger partial charge in [0.15, 0.2) is 0 Å². The van der Waals surface area contributed by atoms with E-state index in [4.69, 9.17) is 16.3 Å². The van der Waals surface area contributed by atoms with Crippen molar-refractivity contribution in [3.63, 3.8) is 0 Å². The molecule has 1 amide bonds. The van der Waals surface area contributed by atoms with Crippen molar-refractivity contribution in [3.05, 3.63) is 64.2 Å². The van der Waals surface area contributed by atoms with Crippen LogP contribution in [0.4, 0.5) is 28.0 Å². The zero-order valence-electron chi connectivity index (χ0n) is 17.7. The van der Waals surface area contributed by atoms with Crippen molar-refractivity contribution in [2.45, 2.75) is 39.5 Å². The van der Waals surface area contributed by atoms with Crippen LogP contribution in [0.3, 0.4) is 0 Å². The third-order valence-electron chi connectivity index (χ3n) is 4.33. The highest BCUT2D eigenvalue weighted by atomic mass is 35.5. The molecule has 32 heavy (non-hydrogen) atoms. The van der Waals surface area contributed by atoms with Crippen LogP contribution in [-0.2, 0) is 10.9 Å². The van der Waals surface area contributed by atoms with Crippen molar-refractivity contribution in [1.82, 2.24) is 4.98 Å². The van der Waals surface area contributed by atoms with Gasteiger partial charge in [0.25, 0.3) is 0 Å². The average molecular weight is 470 g/mol. The topological polar surface area (TPSA) is 54.8 Å². The first-order valence-electron chi connectivity index (χ1n) is 9.54. The van der Waals surface area contributed by atoms with Crippen LogP contribution in [0, 0.1) is 12.7 Å². The van der Waals surface area contributed by atoms with Gasteiger partial charge in [-0.05, 0) is 75.2 Å². The van der Waals surface area contributed by atoms with Gasteiger partial charge in [-0.15, -0.1) is 0 Å². The summed E-state index contributed by atoms with van der Waals surface area (Å²) in [5, 5.41) is 0.270. The number of carbonyl (C=O) groups excluding carboxylic acids is 1. The van der Waals surface area contributed by atoms with E-state index in [0.717, 1.165) is 11.0 Å². The highest BCUT2D eigenvalue weighted by Crippen LogP contribution is 2.35. The number of amides is 1. The summed E-state index contributed by atoms with van der Waals surface area (Å²) in [6, 6.07) is 5.67. The lowest BCUT2D eigenvalue weighted by Gasteiger charge is -2.27. The Hall–Kier alpha value is -2.94. The van der Waals surface area contributed by atoms with Crippen molar-refractivity contribution in [2.24, 2.45) is 4.99 Å². The first-order chi connectivity index (χ1) is 14.7. The van der Waals surface area contributed by atoms with Gasteiger partial charge in [-0.2, -0.15) is 13.2 Å². The number of aryl methyl sites for hydroxylation is 1. The molecular weight excluding hydrogens is 450 g/mol. The molecule has 0 atom stereocenters. The number of ether oxygens (including phenoxy) is 1. The molecule has 0 saturated heterocycles. The quantitative estimate of drug-likeness (QED) is 0.376. The van der Waals surface area contributed by atoms with Crippen LogP contribution in [0.25, 0.3) is 5.57 Å². The van der Waals surface area contributed by atoms with E-state index in [1.54, 1.807) is 45.9 Å². The number of anilines is 1. The number of nitrogens with zero attached hydrogens (tertiary/aromatic N) is 3. The first kappa shape index (κ1) is 23.7. The fraction of sp³-hybridized carbons (Fsp3) is 0.318. The molecule has 0 radical (unpaired) electrons. The summed E-state index contributed by atoms with van der Waals surface area (Å²) in [6.45, 7) is 6.77. The van der Waals surface area contributed by atoms with Crippen molar-refractivity contribution in [3.8, 4) is 0 Å². The second kappa shape index (κ2) is 8.54. The van der Waals surface area contributed by atoms with Crippen molar-refractivity contribution in [2.75, 3.05) is 11.4 Å². The van der Waals surface area contributed by atoms with Gasteiger partial charge in [0.2, 0.25) is 0 Å². The third-order valence-corrected chi connectivity index (χ3v) is 4.52. The molecule has 0 unspecified atom stereocenters. The summed E-state index contributed by atoms with van der Waals surface area (Å²) in [6.07, 6.45) is -4.34. The standard InChI is InChI=1S/C22H20ClF4N3O2/c1-12-7-13(8-18(23)29-12)14-9-19(28-11-14)30(20(31)32-21(2,3)4)15-5-6-17(24)16(10-15)22(25,26)27/h5-10H,11H2,1-4H3. The summed E-state index contributed by atoms with van der Waals surface area (Å²) in [4.78, 5) is 22.2. The maximum atomic E-state index is 13.8. The number of aliphatic imine (C=N–C) groups is 1. The summed E-state index contributed by atoms with van der Waals surface area (Å²) in [5.74, 6) is -1.39. The zero-order valence-corrected chi connectivity index (χ0v) is 18.5. The largest absolute Gasteiger partial charge is 0.443 e. The van der Waals surface area contributed by atoms with Crippen molar-refractivity contribution >= 4 is 34.8 Å². The lowest BCUT2D eigenvalue weighted by Crippen LogP contribution is -2.40. The maximum absolute atomic E-state index is 13.8.